The van der Waals surface area contributed by atoms with Crippen LogP contribution in [0.5, 0.6) is 5.75 Å². The van der Waals surface area contributed by atoms with Crippen LogP contribution in [-0.2, 0) is 28.2 Å². The van der Waals surface area contributed by atoms with Gasteiger partial charge in [-0.15, -0.1) is 0 Å². The van der Waals surface area contributed by atoms with Crippen LogP contribution in [0, 0.1) is 5.92 Å². The molecule has 0 aliphatic rings. The maximum absolute atomic E-state index is 12.5. The van der Waals surface area contributed by atoms with E-state index < -0.39 is 23.6 Å². The number of benzene rings is 5. The summed E-state index contributed by atoms with van der Waals surface area (Å²) in [6.07, 6.45) is -0.363. The predicted octanol–water partition coefficient (Wildman–Crippen LogP) is 7.27. The fourth-order valence-corrected chi connectivity index (χ4v) is 5.38. The molecule has 0 saturated carbocycles. The molecule has 2 N–H and O–H groups in total. The van der Waals surface area contributed by atoms with E-state index in [-0.39, 0.29) is 13.0 Å². The summed E-state index contributed by atoms with van der Waals surface area (Å²) in [5.41, 5.74) is 3.59. The van der Waals surface area contributed by atoms with E-state index in [1.165, 1.54) is 0 Å². The summed E-state index contributed by atoms with van der Waals surface area (Å²) in [5.74, 6) is -1.50. The Morgan fingerprint density at radius 2 is 1.14 bits per heavy atom. The lowest BCUT2D eigenvalue weighted by Crippen LogP contribution is -2.39. The number of hydrogen-bond acceptors (Lipinski definition) is 4. The molecule has 5 rings (SSSR count). The molecule has 0 aliphatic carbocycles. The molecule has 218 valence electrons. The molecular formula is C38H36O5. The van der Waals surface area contributed by atoms with Crippen molar-refractivity contribution in [2.24, 2.45) is 5.92 Å². The summed E-state index contributed by atoms with van der Waals surface area (Å²) in [6.45, 7) is 0.271. The molecule has 5 heteroatoms. The first kappa shape index (κ1) is 29.8. The number of carboxylic acids is 1. The number of carbonyl (C=O) groups is 1. The first-order valence-corrected chi connectivity index (χ1v) is 14.5. The quantitative estimate of drug-likeness (QED) is 0.137. The second-order valence-electron chi connectivity index (χ2n) is 10.6. The standard InChI is InChI=1S/C38H36O5/c39-36(25-24-29-16-13-23-34(26-29)42-27-30-14-5-1-6-15-30)35(37(40)41)28-43-38(31-17-7-2-8-18-31,32-19-9-3-10-20-32)33-21-11-4-12-22-33/h1-23,26,35-36,39H,24-25,27-28H2,(H,40,41). The molecule has 2 atom stereocenters. The normalized spacial score (nSPS) is 12.8. The Labute approximate surface area is 253 Å². The molecule has 5 aromatic carbocycles. The van der Waals surface area contributed by atoms with Crippen LogP contribution in [0.25, 0.3) is 0 Å². The van der Waals surface area contributed by atoms with E-state index in [0.29, 0.717) is 13.0 Å². The molecule has 0 amide bonds. The van der Waals surface area contributed by atoms with E-state index in [1.807, 2.05) is 146 Å². The average molecular weight is 573 g/mol. The van der Waals surface area contributed by atoms with Crippen molar-refractivity contribution in [3.8, 4) is 5.75 Å². The molecule has 0 heterocycles. The van der Waals surface area contributed by atoms with Crippen LogP contribution < -0.4 is 4.74 Å². The van der Waals surface area contributed by atoms with Crippen molar-refractivity contribution < 1.29 is 24.5 Å². The van der Waals surface area contributed by atoms with Crippen LogP contribution in [0.1, 0.15) is 34.2 Å². The summed E-state index contributed by atoms with van der Waals surface area (Å²) >= 11 is 0. The van der Waals surface area contributed by atoms with Crippen molar-refractivity contribution in [2.75, 3.05) is 6.61 Å². The number of carboxylic acid groups (broad SMARTS) is 1. The molecule has 0 saturated heterocycles. The van der Waals surface area contributed by atoms with Crippen molar-refractivity contribution in [3.63, 3.8) is 0 Å². The minimum atomic E-state index is -1.13. The van der Waals surface area contributed by atoms with E-state index in [1.54, 1.807) is 0 Å². The van der Waals surface area contributed by atoms with Crippen molar-refractivity contribution in [1.82, 2.24) is 0 Å². The van der Waals surface area contributed by atoms with Crippen LogP contribution in [0.4, 0.5) is 0 Å². The molecule has 43 heavy (non-hydrogen) atoms. The summed E-state index contributed by atoms with van der Waals surface area (Å²) in [5, 5.41) is 21.4. The van der Waals surface area contributed by atoms with Gasteiger partial charge in [-0.1, -0.05) is 133 Å². The Bertz CT molecular complexity index is 1460. The van der Waals surface area contributed by atoms with Crippen LogP contribution >= 0.6 is 0 Å². The monoisotopic (exact) mass is 572 g/mol. The lowest BCUT2D eigenvalue weighted by molar-refractivity contribution is -0.151. The smallest absolute Gasteiger partial charge is 0.311 e. The molecule has 0 fully saturated rings. The molecule has 0 spiro atoms. The molecule has 0 aliphatic heterocycles. The highest BCUT2D eigenvalue weighted by atomic mass is 16.5. The first-order chi connectivity index (χ1) is 21.1. The second kappa shape index (κ2) is 14.5. The Kier molecular flexibility index (Phi) is 10.0. The van der Waals surface area contributed by atoms with Crippen molar-refractivity contribution in [2.45, 2.75) is 31.2 Å². The van der Waals surface area contributed by atoms with E-state index in [9.17, 15) is 15.0 Å². The largest absolute Gasteiger partial charge is 0.489 e. The topological polar surface area (TPSA) is 76.0 Å². The molecule has 0 radical (unpaired) electrons. The van der Waals surface area contributed by atoms with Crippen LogP contribution in [0.3, 0.4) is 0 Å². The average Bonchev–Trinajstić information content (AvgIpc) is 3.06. The third kappa shape index (κ3) is 7.39. The maximum atomic E-state index is 12.5. The molecule has 0 aromatic heterocycles. The van der Waals surface area contributed by atoms with Gasteiger partial charge in [-0.2, -0.15) is 0 Å². The summed E-state index contributed by atoms with van der Waals surface area (Å²) in [7, 11) is 0. The van der Waals surface area contributed by atoms with Gasteiger partial charge in [0.25, 0.3) is 0 Å². The van der Waals surface area contributed by atoms with Crippen LogP contribution in [0.15, 0.2) is 146 Å². The molecule has 5 nitrogen and oxygen atoms in total. The zero-order valence-corrected chi connectivity index (χ0v) is 24.0. The highest BCUT2D eigenvalue weighted by molar-refractivity contribution is 5.71. The van der Waals surface area contributed by atoms with Crippen molar-refractivity contribution in [3.05, 3.63) is 173 Å². The Morgan fingerprint density at radius 3 is 1.65 bits per heavy atom. The van der Waals surface area contributed by atoms with Crippen molar-refractivity contribution >= 4 is 5.97 Å². The molecule has 2 unspecified atom stereocenters. The van der Waals surface area contributed by atoms with Gasteiger partial charge < -0.3 is 19.7 Å². The second-order valence-corrected chi connectivity index (χ2v) is 10.6. The number of aliphatic carboxylic acids is 1. The van der Waals surface area contributed by atoms with Crippen LogP contribution in [-0.4, -0.2) is 28.9 Å². The van der Waals surface area contributed by atoms with Gasteiger partial charge in [-0.25, -0.2) is 0 Å². The number of aliphatic hydroxyl groups excluding tert-OH is 1. The first-order valence-electron chi connectivity index (χ1n) is 14.5. The third-order valence-corrected chi connectivity index (χ3v) is 7.68. The van der Waals surface area contributed by atoms with Gasteiger partial charge in [0, 0.05) is 0 Å². The number of aliphatic hydroxyl groups is 1. The Morgan fingerprint density at radius 1 is 0.651 bits per heavy atom. The fourth-order valence-electron chi connectivity index (χ4n) is 5.38. The molecular weight excluding hydrogens is 536 g/mol. The summed E-state index contributed by atoms with van der Waals surface area (Å²) in [4.78, 5) is 12.5. The van der Waals surface area contributed by atoms with E-state index in [4.69, 9.17) is 9.47 Å². The molecule has 5 aromatic rings. The zero-order valence-electron chi connectivity index (χ0n) is 24.0. The van der Waals surface area contributed by atoms with Gasteiger partial charge in [0.2, 0.25) is 0 Å². The van der Waals surface area contributed by atoms with Crippen LogP contribution in [0.2, 0.25) is 0 Å². The fraction of sp³-hybridized carbons (Fsp3) is 0.184. The lowest BCUT2D eigenvalue weighted by atomic mass is 9.80. The third-order valence-electron chi connectivity index (χ3n) is 7.68. The SMILES string of the molecule is O=C(O)C(COC(c1ccccc1)(c1ccccc1)c1ccccc1)C(O)CCc1cccc(OCc2ccccc2)c1. The minimum absolute atomic E-state index is 0.185. The predicted molar refractivity (Wildman–Crippen MR) is 168 cm³/mol. The van der Waals surface area contributed by atoms with Gasteiger partial charge in [0.05, 0.1) is 12.7 Å². The van der Waals surface area contributed by atoms with Crippen molar-refractivity contribution in [1.29, 1.82) is 0 Å². The Hall–Kier alpha value is -4.71. The van der Waals surface area contributed by atoms with Gasteiger partial charge in [0.1, 0.15) is 23.9 Å². The highest BCUT2D eigenvalue weighted by Crippen LogP contribution is 2.41. The summed E-state index contributed by atoms with van der Waals surface area (Å²) in [6, 6.07) is 47.0. The van der Waals surface area contributed by atoms with Gasteiger partial charge >= 0.3 is 5.97 Å². The number of rotatable bonds is 14. The maximum Gasteiger partial charge on any atom is 0.311 e. The van der Waals surface area contributed by atoms with Gasteiger partial charge in [-0.05, 0) is 52.8 Å². The van der Waals surface area contributed by atoms with Gasteiger partial charge in [-0.3, -0.25) is 4.79 Å². The minimum Gasteiger partial charge on any atom is -0.489 e. The Balaban J connectivity index is 1.33. The summed E-state index contributed by atoms with van der Waals surface area (Å²) < 4.78 is 12.7. The van der Waals surface area contributed by atoms with Gasteiger partial charge in [0.15, 0.2) is 0 Å². The number of hydrogen-bond donors (Lipinski definition) is 2. The highest BCUT2D eigenvalue weighted by Gasteiger charge is 2.40. The molecule has 0 bridgehead atoms. The number of aryl methyl sites for hydroxylation is 1. The lowest BCUT2D eigenvalue weighted by Gasteiger charge is -2.37. The zero-order chi connectivity index (χ0) is 29.9. The van der Waals surface area contributed by atoms with E-state index in [2.05, 4.69) is 0 Å². The number of ether oxygens (including phenoxy) is 2. The van der Waals surface area contributed by atoms with E-state index >= 15 is 0 Å². The van der Waals surface area contributed by atoms with E-state index in [0.717, 1.165) is 33.6 Å².